The van der Waals surface area contributed by atoms with Gasteiger partial charge in [0, 0.05) is 31.3 Å². The number of fused-ring (bicyclic) bond motifs is 3. The first kappa shape index (κ1) is 27.5. The molecule has 1 heterocycles. The minimum Gasteiger partial charge on any atom is -0.488 e. The number of benzene rings is 3. The maximum atomic E-state index is 14.5. The van der Waals surface area contributed by atoms with Crippen LogP contribution in [0.5, 0.6) is 23.0 Å². The number of halogens is 6. The molecule has 208 valence electrons. The van der Waals surface area contributed by atoms with E-state index in [4.69, 9.17) is 18.9 Å². The Morgan fingerprint density at radius 2 is 1.08 bits per heavy atom. The molecule has 39 heavy (non-hydrogen) atoms. The molecule has 3 aromatic rings. The van der Waals surface area contributed by atoms with Gasteiger partial charge in [-0.15, -0.1) is 0 Å². The molecule has 0 unspecified atom stereocenters. The average molecular weight is 559 g/mol. The molecule has 0 bridgehead atoms. The molecule has 15 heteroatoms. The lowest BCUT2D eigenvalue weighted by Crippen LogP contribution is -2.18. The minimum atomic E-state index is -1.77. The van der Waals surface area contributed by atoms with Crippen molar-refractivity contribution in [3.63, 3.8) is 0 Å². The first-order valence-electron chi connectivity index (χ1n) is 11.3. The molecule has 0 spiro atoms. The minimum absolute atomic E-state index is 0.0359. The number of nitrogens with zero attached hydrogens (tertiary/aromatic N) is 1. The fourth-order valence-electron chi connectivity index (χ4n) is 3.52. The average Bonchev–Trinajstić information content (AvgIpc) is 2.91. The van der Waals surface area contributed by atoms with E-state index in [0.29, 0.717) is 12.1 Å². The summed E-state index contributed by atoms with van der Waals surface area (Å²) in [6, 6.07) is 4.62. The topological polar surface area (TPSA) is 104 Å². The van der Waals surface area contributed by atoms with E-state index in [-0.39, 0.29) is 43.5 Å². The highest BCUT2D eigenvalue weighted by Gasteiger charge is 2.22. The number of non-ortho nitro benzene ring substituents is 1. The Morgan fingerprint density at radius 3 is 1.56 bits per heavy atom. The Labute approximate surface area is 216 Å². The smallest absolute Gasteiger partial charge is 0.273 e. The predicted octanol–water partition coefficient (Wildman–Crippen LogP) is 5.18. The summed E-state index contributed by atoms with van der Waals surface area (Å²) in [7, 11) is 0. The number of anilines is 2. The first-order chi connectivity index (χ1) is 18.7. The van der Waals surface area contributed by atoms with E-state index in [1.807, 2.05) is 0 Å². The Morgan fingerprint density at radius 1 is 0.615 bits per heavy atom. The van der Waals surface area contributed by atoms with E-state index in [2.05, 4.69) is 10.6 Å². The SMILES string of the molecule is O=[N+]([O-])c1ccc2c(c1)OCCNc1c(cc(F)c(F)c1F)OCCOc1cc(F)c(F)c(F)c1NCCO2. The van der Waals surface area contributed by atoms with Gasteiger partial charge in [0.2, 0.25) is 0 Å². The van der Waals surface area contributed by atoms with Crippen LogP contribution in [0.15, 0.2) is 30.3 Å². The summed E-state index contributed by atoms with van der Waals surface area (Å²) in [6.45, 7) is -1.59. The monoisotopic (exact) mass is 559 g/mol. The van der Waals surface area contributed by atoms with Crippen LogP contribution in [0.3, 0.4) is 0 Å². The Kier molecular flexibility index (Phi) is 8.36. The van der Waals surface area contributed by atoms with Crippen molar-refractivity contribution in [3.05, 3.63) is 75.3 Å². The van der Waals surface area contributed by atoms with Crippen molar-refractivity contribution >= 4 is 17.1 Å². The normalized spacial score (nSPS) is 14.2. The predicted molar refractivity (Wildman–Crippen MR) is 125 cm³/mol. The molecular formula is C24H19F6N3O6. The quantitative estimate of drug-likeness (QED) is 0.182. The molecule has 0 saturated carbocycles. The number of nitro benzene ring substituents is 1. The van der Waals surface area contributed by atoms with Crippen LogP contribution in [-0.2, 0) is 0 Å². The summed E-state index contributed by atoms with van der Waals surface area (Å²) < 4.78 is 106. The third-order valence-corrected chi connectivity index (χ3v) is 5.31. The van der Waals surface area contributed by atoms with Gasteiger partial charge in [-0.25, -0.2) is 26.3 Å². The second-order valence-corrected chi connectivity index (χ2v) is 7.85. The zero-order chi connectivity index (χ0) is 28.1. The molecule has 0 atom stereocenters. The highest BCUT2D eigenvalue weighted by molar-refractivity contribution is 5.59. The molecule has 1 aliphatic rings. The fourth-order valence-corrected chi connectivity index (χ4v) is 3.52. The number of nitro groups is 1. The Hall–Kier alpha value is -4.56. The van der Waals surface area contributed by atoms with Crippen molar-refractivity contribution in [1.82, 2.24) is 0 Å². The lowest BCUT2D eigenvalue weighted by Gasteiger charge is -2.18. The molecule has 9 nitrogen and oxygen atoms in total. The maximum Gasteiger partial charge on any atom is 0.273 e. The van der Waals surface area contributed by atoms with Gasteiger partial charge in [0.1, 0.15) is 49.3 Å². The van der Waals surface area contributed by atoms with E-state index in [9.17, 15) is 36.5 Å². The molecule has 0 aromatic heterocycles. The molecular weight excluding hydrogens is 540 g/mol. The van der Waals surface area contributed by atoms with Gasteiger partial charge in [-0.1, -0.05) is 0 Å². The molecule has 3 aromatic carbocycles. The highest BCUT2D eigenvalue weighted by atomic mass is 19.2. The van der Waals surface area contributed by atoms with Crippen molar-refractivity contribution in [3.8, 4) is 23.0 Å². The van der Waals surface area contributed by atoms with Gasteiger partial charge in [-0.2, -0.15) is 0 Å². The van der Waals surface area contributed by atoms with Crippen LogP contribution in [0, 0.1) is 45.0 Å². The number of nitrogens with one attached hydrogen (secondary N) is 2. The van der Waals surface area contributed by atoms with E-state index in [1.54, 1.807) is 0 Å². The van der Waals surface area contributed by atoms with Crippen LogP contribution in [0.4, 0.5) is 43.4 Å². The molecule has 2 N–H and O–H groups in total. The van der Waals surface area contributed by atoms with Crippen LogP contribution in [0.25, 0.3) is 0 Å². The Bertz CT molecular complexity index is 1390. The van der Waals surface area contributed by atoms with Gasteiger partial charge in [-0.05, 0) is 6.07 Å². The molecule has 0 aliphatic carbocycles. The summed E-state index contributed by atoms with van der Waals surface area (Å²) in [5, 5.41) is 16.2. The zero-order valence-corrected chi connectivity index (χ0v) is 19.8. The van der Waals surface area contributed by atoms with Crippen LogP contribution in [0.1, 0.15) is 0 Å². The number of hydrogen-bond acceptors (Lipinski definition) is 8. The molecule has 0 radical (unpaired) electrons. The molecule has 4 rings (SSSR count). The summed E-state index contributed by atoms with van der Waals surface area (Å²) in [4.78, 5) is 10.5. The van der Waals surface area contributed by atoms with Gasteiger partial charge in [0.05, 0.1) is 11.0 Å². The highest BCUT2D eigenvalue weighted by Crippen LogP contribution is 2.35. The second kappa shape index (κ2) is 11.9. The maximum absolute atomic E-state index is 14.5. The first-order valence-corrected chi connectivity index (χ1v) is 11.3. The van der Waals surface area contributed by atoms with Gasteiger partial charge in [0.15, 0.2) is 46.4 Å². The van der Waals surface area contributed by atoms with Crippen molar-refractivity contribution in [2.75, 3.05) is 50.2 Å². The lowest BCUT2D eigenvalue weighted by molar-refractivity contribution is -0.385. The summed E-state index contributed by atoms with van der Waals surface area (Å²) in [6.07, 6.45) is 0. The van der Waals surface area contributed by atoms with Crippen molar-refractivity contribution in [2.24, 2.45) is 0 Å². The molecule has 0 saturated heterocycles. The van der Waals surface area contributed by atoms with Crippen molar-refractivity contribution in [1.29, 1.82) is 0 Å². The third-order valence-electron chi connectivity index (χ3n) is 5.31. The van der Waals surface area contributed by atoms with Crippen LogP contribution >= 0.6 is 0 Å². The Balaban J connectivity index is 1.66. The van der Waals surface area contributed by atoms with Crippen molar-refractivity contribution in [2.45, 2.75) is 0 Å². The number of ether oxygens (including phenoxy) is 4. The molecule has 0 amide bonds. The summed E-state index contributed by atoms with van der Waals surface area (Å²) in [5.74, 6) is -10.7. The zero-order valence-electron chi connectivity index (χ0n) is 19.8. The standard InChI is InChI=1S/C24H19F6N3O6/c25-13-10-17-23(21(29)19(13)27)31-3-5-36-15-2-1-12(33(34)35)9-16(15)37-6-4-32-24-18(39-8-7-38-17)11-14(26)20(28)22(24)30/h1-2,9-11,31-32H,3-8H2. The largest absolute Gasteiger partial charge is 0.488 e. The second-order valence-electron chi connectivity index (χ2n) is 7.85. The van der Waals surface area contributed by atoms with Crippen LogP contribution < -0.4 is 29.6 Å². The molecule has 1 aliphatic heterocycles. The van der Waals surface area contributed by atoms with Gasteiger partial charge in [-0.3, -0.25) is 10.1 Å². The van der Waals surface area contributed by atoms with E-state index in [0.717, 1.165) is 12.1 Å². The fraction of sp³-hybridized carbons (Fsp3) is 0.250. The lowest BCUT2D eigenvalue weighted by atomic mass is 10.2. The van der Waals surface area contributed by atoms with Crippen LogP contribution in [0.2, 0.25) is 0 Å². The van der Waals surface area contributed by atoms with Crippen molar-refractivity contribution < 1.29 is 50.2 Å². The van der Waals surface area contributed by atoms with Gasteiger partial charge < -0.3 is 29.6 Å². The van der Waals surface area contributed by atoms with E-state index < -0.39 is 75.9 Å². The van der Waals surface area contributed by atoms with E-state index in [1.165, 1.54) is 6.07 Å². The number of hydrogen-bond donors (Lipinski definition) is 2. The van der Waals surface area contributed by atoms with Crippen LogP contribution in [-0.4, -0.2) is 44.4 Å². The molecule has 0 fully saturated rings. The summed E-state index contributed by atoms with van der Waals surface area (Å²) >= 11 is 0. The third kappa shape index (κ3) is 6.13. The van der Waals surface area contributed by atoms with Gasteiger partial charge in [0.25, 0.3) is 5.69 Å². The number of rotatable bonds is 1. The van der Waals surface area contributed by atoms with Gasteiger partial charge >= 0.3 is 0 Å². The van der Waals surface area contributed by atoms with E-state index >= 15 is 0 Å². The summed E-state index contributed by atoms with van der Waals surface area (Å²) in [5.41, 5.74) is -1.44.